The molecule has 0 amide bonds. The fourth-order valence-corrected chi connectivity index (χ4v) is 1.57. The Bertz CT molecular complexity index is 135. The van der Waals surface area contributed by atoms with Gasteiger partial charge >= 0.3 is 0 Å². The van der Waals surface area contributed by atoms with Crippen molar-refractivity contribution in [2.24, 2.45) is 0 Å². The first-order chi connectivity index (χ1) is 6.83. The maximum atomic E-state index is 5.00. The summed E-state index contributed by atoms with van der Waals surface area (Å²) in [5.74, 6) is 0. The molecule has 1 heterocycles. The number of hydrogen-bond acceptors (Lipinski definition) is 4. The van der Waals surface area contributed by atoms with Gasteiger partial charge in [-0.1, -0.05) is 0 Å². The fourth-order valence-electron chi connectivity index (χ4n) is 1.57. The van der Waals surface area contributed by atoms with Crippen molar-refractivity contribution < 1.29 is 4.74 Å². The van der Waals surface area contributed by atoms with Crippen molar-refractivity contribution in [3.63, 3.8) is 0 Å². The predicted octanol–water partition coefficient (Wildman–Crippen LogP) is 0.165. The average molecular weight is 201 g/mol. The van der Waals surface area contributed by atoms with Crippen molar-refractivity contribution in [1.29, 1.82) is 0 Å². The van der Waals surface area contributed by atoms with Gasteiger partial charge in [0.05, 0.1) is 0 Å². The number of hydrogen-bond donors (Lipinski definition) is 1. The number of rotatable bonds is 6. The standard InChI is InChI=1S/C10H23N3O/c1-12-6-8-13(9-7-12)11-5-3-4-10-14-2/h11H,3-10H2,1-2H3. The zero-order valence-electron chi connectivity index (χ0n) is 9.46. The summed E-state index contributed by atoms with van der Waals surface area (Å²) in [7, 11) is 3.93. The van der Waals surface area contributed by atoms with Gasteiger partial charge in [-0.05, 0) is 19.9 Å². The molecule has 4 nitrogen and oxygen atoms in total. The minimum atomic E-state index is 0.879. The lowest BCUT2D eigenvalue weighted by atomic mass is 10.3. The molecule has 0 aromatic carbocycles. The van der Waals surface area contributed by atoms with Crippen molar-refractivity contribution in [1.82, 2.24) is 15.3 Å². The highest BCUT2D eigenvalue weighted by Gasteiger charge is 2.12. The van der Waals surface area contributed by atoms with Crippen LogP contribution in [0.1, 0.15) is 12.8 Å². The van der Waals surface area contributed by atoms with E-state index in [1.54, 1.807) is 7.11 Å². The smallest absolute Gasteiger partial charge is 0.0462 e. The average Bonchev–Trinajstić information content (AvgIpc) is 2.21. The first-order valence-corrected chi connectivity index (χ1v) is 5.49. The Labute approximate surface area is 87.2 Å². The van der Waals surface area contributed by atoms with Crippen LogP contribution in [0, 0.1) is 0 Å². The first kappa shape index (κ1) is 11.9. The molecule has 1 fully saturated rings. The second kappa shape index (κ2) is 7.17. The molecule has 0 saturated carbocycles. The molecule has 0 aromatic heterocycles. The van der Waals surface area contributed by atoms with Gasteiger partial charge in [-0.15, -0.1) is 0 Å². The molecule has 1 aliphatic heterocycles. The van der Waals surface area contributed by atoms with E-state index < -0.39 is 0 Å². The molecule has 0 atom stereocenters. The molecule has 1 rings (SSSR count). The summed E-state index contributed by atoms with van der Waals surface area (Å²) in [6.45, 7) is 6.58. The van der Waals surface area contributed by atoms with E-state index in [2.05, 4.69) is 22.4 Å². The fraction of sp³-hybridized carbons (Fsp3) is 1.00. The molecule has 4 heteroatoms. The maximum absolute atomic E-state index is 5.00. The Kier molecular flexibility index (Phi) is 6.10. The summed E-state index contributed by atoms with van der Waals surface area (Å²) in [6, 6.07) is 0. The van der Waals surface area contributed by atoms with E-state index in [4.69, 9.17) is 4.74 Å². The maximum Gasteiger partial charge on any atom is 0.0462 e. The SMILES string of the molecule is COCCCCNN1CCN(C)CC1. The molecule has 0 spiro atoms. The summed E-state index contributed by atoms with van der Waals surface area (Å²) in [4.78, 5) is 2.36. The molecule has 1 N–H and O–H groups in total. The topological polar surface area (TPSA) is 27.7 Å². The van der Waals surface area contributed by atoms with Crippen LogP contribution in [0.25, 0.3) is 0 Å². The number of piperazine rings is 1. The lowest BCUT2D eigenvalue weighted by Gasteiger charge is -2.32. The summed E-state index contributed by atoms with van der Waals surface area (Å²) in [5, 5.41) is 2.33. The van der Waals surface area contributed by atoms with Gasteiger partial charge < -0.3 is 9.64 Å². The highest BCUT2D eigenvalue weighted by atomic mass is 16.5. The van der Waals surface area contributed by atoms with Crippen molar-refractivity contribution in [2.45, 2.75) is 12.8 Å². The van der Waals surface area contributed by atoms with Crippen LogP contribution in [0.3, 0.4) is 0 Å². The summed E-state index contributed by atoms with van der Waals surface area (Å²) < 4.78 is 5.00. The molecule has 14 heavy (non-hydrogen) atoms. The molecule has 84 valence electrons. The van der Waals surface area contributed by atoms with Crippen LogP contribution in [0.2, 0.25) is 0 Å². The van der Waals surface area contributed by atoms with E-state index in [1.165, 1.54) is 19.5 Å². The largest absolute Gasteiger partial charge is 0.385 e. The van der Waals surface area contributed by atoms with Gasteiger partial charge in [0, 0.05) is 46.4 Å². The second-order valence-corrected chi connectivity index (χ2v) is 3.90. The molecule has 0 aromatic rings. The quantitative estimate of drug-likeness (QED) is 0.620. The van der Waals surface area contributed by atoms with Crippen LogP contribution >= 0.6 is 0 Å². The minimum absolute atomic E-state index is 0.879. The van der Waals surface area contributed by atoms with Crippen molar-refractivity contribution >= 4 is 0 Å². The summed E-state index contributed by atoms with van der Waals surface area (Å²) in [6.07, 6.45) is 2.34. The highest BCUT2D eigenvalue weighted by molar-refractivity contribution is 4.65. The van der Waals surface area contributed by atoms with Crippen LogP contribution in [-0.2, 0) is 4.74 Å². The van der Waals surface area contributed by atoms with Crippen LogP contribution in [0.4, 0.5) is 0 Å². The number of ether oxygens (including phenoxy) is 1. The number of nitrogens with zero attached hydrogens (tertiary/aromatic N) is 2. The zero-order valence-corrected chi connectivity index (χ0v) is 9.46. The van der Waals surface area contributed by atoms with Gasteiger partial charge in [0.1, 0.15) is 0 Å². The monoisotopic (exact) mass is 201 g/mol. The minimum Gasteiger partial charge on any atom is -0.385 e. The molecule has 0 radical (unpaired) electrons. The number of hydrazine groups is 1. The molecular formula is C10H23N3O. The third kappa shape index (κ3) is 4.91. The van der Waals surface area contributed by atoms with Gasteiger partial charge in [0.25, 0.3) is 0 Å². The Balaban J connectivity index is 1.91. The van der Waals surface area contributed by atoms with Crippen molar-refractivity contribution in [2.75, 3.05) is 53.5 Å². The van der Waals surface area contributed by atoms with Crippen LogP contribution in [0.15, 0.2) is 0 Å². The van der Waals surface area contributed by atoms with Gasteiger partial charge in [-0.3, -0.25) is 5.43 Å². The first-order valence-electron chi connectivity index (χ1n) is 5.49. The second-order valence-electron chi connectivity index (χ2n) is 3.90. The van der Waals surface area contributed by atoms with Gasteiger partial charge in [-0.25, -0.2) is 5.01 Å². The molecule has 0 unspecified atom stereocenters. The van der Waals surface area contributed by atoms with Crippen molar-refractivity contribution in [3.8, 4) is 0 Å². The van der Waals surface area contributed by atoms with Gasteiger partial charge in [-0.2, -0.15) is 0 Å². The summed E-state index contributed by atoms with van der Waals surface area (Å²) >= 11 is 0. The Morgan fingerprint density at radius 3 is 2.50 bits per heavy atom. The molecule has 0 aliphatic carbocycles. The van der Waals surface area contributed by atoms with Crippen LogP contribution in [-0.4, -0.2) is 63.4 Å². The third-order valence-electron chi connectivity index (χ3n) is 2.61. The number of likely N-dealkylation sites (N-methyl/N-ethyl adjacent to an activating group) is 1. The van der Waals surface area contributed by atoms with Crippen LogP contribution < -0.4 is 5.43 Å². The van der Waals surface area contributed by atoms with E-state index in [0.717, 1.165) is 32.7 Å². The predicted molar refractivity (Wildman–Crippen MR) is 58.2 cm³/mol. The number of unbranched alkanes of at least 4 members (excludes halogenated alkanes) is 1. The number of nitrogens with one attached hydrogen (secondary N) is 1. The summed E-state index contributed by atoms with van der Waals surface area (Å²) in [5.41, 5.74) is 3.45. The van der Waals surface area contributed by atoms with E-state index in [1.807, 2.05) is 0 Å². The van der Waals surface area contributed by atoms with E-state index >= 15 is 0 Å². The van der Waals surface area contributed by atoms with E-state index in [-0.39, 0.29) is 0 Å². The molecule has 1 saturated heterocycles. The lowest BCUT2D eigenvalue weighted by Crippen LogP contribution is -2.50. The Morgan fingerprint density at radius 2 is 1.86 bits per heavy atom. The normalized spacial score (nSPS) is 20.1. The molecular weight excluding hydrogens is 178 g/mol. The molecule has 0 bridgehead atoms. The molecule has 1 aliphatic rings. The van der Waals surface area contributed by atoms with E-state index in [9.17, 15) is 0 Å². The number of methoxy groups -OCH3 is 1. The highest BCUT2D eigenvalue weighted by Crippen LogP contribution is 1.96. The van der Waals surface area contributed by atoms with Crippen molar-refractivity contribution in [3.05, 3.63) is 0 Å². The third-order valence-corrected chi connectivity index (χ3v) is 2.61. The van der Waals surface area contributed by atoms with Gasteiger partial charge in [0.2, 0.25) is 0 Å². The van der Waals surface area contributed by atoms with Gasteiger partial charge in [0.15, 0.2) is 0 Å². The zero-order chi connectivity index (χ0) is 10.2. The van der Waals surface area contributed by atoms with E-state index in [0.29, 0.717) is 0 Å². The van der Waals surface area contributed by atoms with Crippen LogP contribution in [0.5, 0.6) is 0 Å². The Morgan fingerprint density at radius 1 is 1.14 bits per heavy atom. The lowest BCUT2D eigenvalue weighted by molar-refractivity contribution is 0.102. The Hall–Kier alpha value is -0.160.